The Labute approximate surface area is 127 Å². The summed E-state index contributed by atoms with van der Waals surface area (Å²) >= 11 is 6.69. The Hall–Kier alpha value is -1.58. The molecule has 0 fully saturated rings. The van der Waals surface area contributed by atoms with Gasteiger partial charge in [0.25, 0.3) is 0 Å². The topological polar surface area (TPSA) is 55.1 Å². The number of hydrogen-bond donors (Lipinski definition) is 0. The van der Waals surface area contributed by atoms with Gasteiger partial charge in [-0.15, -0.1) is 0 Å². The van der Waals surface area contributed by atoms with Gasteiger partial charge in [-0.2, -0.15) is 5.26 Å². The molecule has 0 aliphatic heterocycles. The van der Waals surface area contributed by atoms with Gasteiger partial charge in [0, 0.05) is 16.7 Å². The Morgan fingerprint density at radius 2 is 2.00 bits per heavy atom. The van der Waals surface area contributed by atoms with Crippen molar-refractivity contribution in [3.8, 4) is 23.4 Å². The Bertz CT molecular complexity index is 654. The van der Waals surface area contributed by atoms with Gasteiger partial charge in [-0.3, -0.25) is 0 Å². The van der Waals surface area contributed by atoms with Crippen molar-refractivity contribution < 1.29 is 9.47 Å². The van der Waals surface area contributed by atoms with Gasteiger partial charge in [-0.25, -0.2) is 4.98 Å². The summed E-state index contributed by atoms with van der Waals surface area (Å²) in [5, 5.41) is 8.84. The average molecular weight is 384 g/mol. The third kappa shape index (κ3) is 3.25. The van der Waals surface area contributed by atoms with Crippen molar-refractivity contribution in [2.24, 2.45) is 0 Å². The van der Waals surface area contributed by atoms with Crippen LogP contribution < -0.4 is 9.47 Å². The first kappa shape index (κ1) is 13.8. The van der Waals surface area contributed by atoms with Crippen LogP contribution in [0.15, 0.2) is 39.4 Å². The van der Waals surface area contributed by atoms with Crippen molar-refractivity contribution in [3.05, 3.63) is 45.0 Å². The maximum Gasteiger partial charge on any atom is 0.233 e. The normalized spacial score (nSPS) is 9.79. The van der Waals surface area contributed by atoms with E-state index in [1.54, 1.807) is 24.4 Å². The van der Waals surface area contributed by atoms with Crippen LogP contribution >= 0.6 is 31.9 Å². The Balaban J connectivity index is 2.35. The highest BCUT2D eigenvalue weighted by Crippen LogP contribution is 2.35. The fraction of sp³-hybridized carbons (Fsp3) is 0.0769. The first-order valence-corrected chi connectivity index (χ1v) is 6.79. The van der Waals surface area contributed by atoms with Crippen molar-refractivity contribution in [1.29, 1.82) is 5.26 Å². The Morgan fingerprint density at radius 1 is 1.21 bits per heavy atom. The van der Waals surface area contributed by atoms with E-state index in [0.717, 1.165) is 4.47 Å². The summed E-state index contributed by atoms with van der Waals surface area (Å²) in [6, 6.07) is 8.82. The van der Waals surface area contributed by atoms with E-state index in [2.05, 4.69) is 36.8 Å². The van der Waals surface area contributed by atoms with Crippen LogP contribution in [0.2, 0.25) is 0 Å². The van der Waals surface area contributed by atoms with E-state index in [1.165, 1.54) is 7.11 Å². The minimum Gasteiger partial charge on any atom is -0.493 e. The lowest BCUT2D eigenvalue weighted by molar-refractivity contribution is 0.373. The average Bonchev–Trinajstić information content (AvgIpc) is 2.42. The molecular weight excluding hydrogens is 376 g/mol. The number of benzene rings is 1. The van der Waals surface area contributed by atoms with Crippen LogP contribution in [0.25, 0.3) is 0 Å². The molecule has 0 saturated carbocycles. The van der Waals surface area contributed by atoms with Crippen molar-refractivity contribution in [2.45, 2.75) is 0 Å². The van der Waals surface area contributed by atoms with E-state index in [1.807, 2.05) is 12.1 Å². The summed E-state index contributed by atoms with van der Waals surface area (Å²) in [6.07, 6.45) is 1.64. The van der Waals surface area contributed by atoms with Crippen molar-refractivity contribution in [1.82, 2.24) is 4.98 Å². The molecule has 4 nitrogen and oxygen atoms in total. The SMILES string of the molecule is COc1cc(C#N)ccc1Oc1ncc(Br)cc1Br. The quantitative estimate of drug-likeness (QED) is 0.793. The third-order valence-electron chi connectivity index (χ3n) is 2.27. The minimum atomic E-state index is 0.422. The maximum absolute atomic E-state index is 8.84. The maximum atomic E-state index is 8.84. The zero-order valence-electron chi connectivity index (χ0n) is 9.85. The fourth-order valence-corrected chi connectivity index (χ4v) is 2.47. The smallest absolute Gasteiger partial charge is 0.233 e. The monoisotopic (exact) mass is 382 g/mol. The Morgan fingerprint density at radius 3 is 2.63 bits per heavy atom. The highest BCUT2D eigenvalue weighted by Gasteiger charge is 2.10. The van der Waals surface area contributed by atoms with Crippen LogP contribution in [0.5, 0.6) is 17.4 Å². The van der Waals surface area contributed by atoms with E-state index in [4.69, 9.17) is 14.7 Å². The van der Waals surface area contributed by atoms with E-state index in [0.29, 0.717) is 27.4 Å². The zero-order valence-corrected chi connectivity index (χ0v) is 13.0. The van der Waals surface area contributed by atoms with Crippen LogP contribution in [-0.4, -0.2) is 12.1 Å². The zero-order chi connectivity index (χ0) is 13.8. The molecule has 0 aliphatic carbocycles. The van der Waals surface area contributed by atoms with Gasteiger partial charge in [-0.1, -0.05) is 0 Å². The third-order valence-corrected chi connectivity index (χ3v) is 3.28. The number of methoxy groups -OCH3 is 1. The van der Waals surface area contributed by atoms with Gasteiger partial charge in [0.1, 0.15) is 0 Å². The molecule has 0 saturated heterocycles. The molecule has 0 amide bonds. The van der Waals surface area contributed by atoms with Crippen molar-refractivity contribution >= 4 is 31.9 Å². The van der Waals surface area contributed by atoms with E-state index >= 15 is 0 Å². The van der Waals surface area contributed by atoms with E-state index in [9.17, 15) is 0 Å². The van der Waals surface area contributed by atoms with Crippen LogP contribution in [0.1, 0.15) is 5.56 Å². The van der Waals surface area contributed by atoms with Gasteiger partial charge in [0.05, 0.1) is 23.2 Å². The molecule has 6 heteroatoms. The number of ether oxygens (including phenoxy) is 2. The number of aromatic nitrogens is 1. The number of nitrogens with zero attached hydrogens (tertiary/aromatic N) is 2. The molecule has 0 aliphatic rings. The standard InChI is InChI=1S/C13H8Br2N2O2/c1-18-12-4-8(6-16)2-3-11(12)19-13-10(15)5-9(14)7-17-13/h2-5,7H,1H3. The fourth-order valence-electron chi connectivity index (χ4n) is 1.40. The molecule has 19 heavy (non-hydrogen) atoms. The van der Waals surface area contributed by atoms with Crippen molar-refractivity contribution in [2.75, 3.05) is 7.11 Å². The molecule has 0 spiro atoms. The molecular formula is C13H8Br2N2O2. The molecule has 0 N–H and O–H groups in total. The number of pyridine rings is 1. The summed E-state index contributed by atoms with van der Waals surface area (Å²) < 4.78 is 12.4. The number of hydrogen-bond acceptors (Lipinski definition) is 4. The molecule has 0 radical (unpaired) electrons. The molecule has 0 bridgehead atoms. The second-order valence-electron chi connectivity index (χ2n) is 3.52. The predicted octanol–water partition coefficient (Wildman–Crippen LogP) is 4.28. The van der Waals surface area contributed by atoms with E-state index < -0.39 is 0 Å². The van der Waals surface area contributed by atoms with Crippen molar-refractivity contribution in [3.63, 3.8) is 0 Å². The second kappa shape index (κ2) is 6.04. The summed E-state index contributed by atoms with van der Waals surface area (Å²) in [4.78, 5) is 4.15. The van der Waals surface area contributed by atoms with Crippen LogP contribution in [0.3, 0.4) is 0 Å². The molecule has 1 aromatic carbocycles. The highest BCUT2D eigenvalue weighted by atomic mass is 79.9. The molecule has 0 unspecified atom stereocenters. The van der Waals surface area contributed by atoms with Crippen LogP contribution in [0.4, 0.5) is 0 Å². The Kier molecular flexibility index (Phi) is 4.40. The first-order chi connectivity index (χ1) is 9.13. The molecule has 1 heterocycles. The molecule has 0 atom stereocenters. The number of rotatable bonds is 3. The van der Waals surface area contributed by atoms with E-state index in [-0.39, 0.29) is 0 Å². The minimum absolute atomic E-state index is 0.422. The molecule has 2 rings (SSSR count). The molecule has 1 aromatic heterocycles. The number of halogens is 2. The lowest BCUT2D eigenvalue weighted by Gasteiger charge is -2.10. The van der Waals surface area contributed by atoms with Crippen LogP contribution in [0, 0.1) is 11.3 Å². The van der Waals surface area contributed by atoms with Gasteiger partial charge >= 0.3 is 0 Å². The first-order valence-electron chi connectivity index (χ1n) is 5.21. The van der Waals surface area contributed by atoms with Gasteiger partial charge in [-0.05, 0) is 50.1 Å². The summed E-state index contributed by atoms with van der Waals surface area (Å²) in [7, 11) is 1.52. The highest BCUT2D eigenvalue weighted by molar-refractivity contribution is 9.11. The summed E-state index contributed by atoms with van der Waals surface area (Å²) in [6.45, 7) is 0. The largest absolute Gasteiger partial charge is 0.493 e. The van der Waals surface area contributed by atoms with Gasteiger partial charge in [0.2, 0.25) is 5.88 Å². The number of nitriles is 1. The molecule has 96 valence electrons. The van der Waals surface area contributed by atoms with Gasteiger partial charge in [0.15, 0.2) is 11.5 Å². The molecule has 2 aromatic rings. The summed E-state index contributed by atoms with van der Waals surface area (Å²) in [5.41, 5.74) is 0.507. The summed E-state index contributed by atoms with van der Waals surface area (Å²) in [5.74, 6) is 1.40. The second-order valence-corrected chi connectivity index (χ2v) is 5.29. The lowest BCUT2D eigenvalue weighted by atomic mass is 10.2. The predicted molar refractivity (Wildman–Crippen MR) is 77.4 cm³/mol. The van der Waals surface area contributed by atoms with Gasteiger partial charge < -0.3 is 9.47 Å². The lowest BCUT2D eigenvalue weighted by Crippen LogP contribution is -1.93. The van der Waals surface area contributed by atoms with Crippen LogP contribution in [-0.2, 0) is 0 Å².